The monoisotopic (exact) mass is 487 g/mol. The summed E-state index contributed by atoms with van der Waals surface area (Å²) in [5.74, 6) is 3.89. The number of aromatic nitrogens is 2. The fraction of sp³-hybridized carbons (Fsp3) is 0.696. The molecular weight excluding hydrogens is 455 g/mol. The fourth-order valence-electron chi connectivity index (χ4n) is 3.67. The molecule has 11 heteroatoms. The predicted molar refractivity (Wildman–Crippen MR) is 119 cm³/mol. The largest absolute Gasteiger partial charge is 0.471 e. The molecule has 0 unspecified atom stereocenters. The van der Waals surface area contributed by atoms with Gasteiger partial charge in [-0.25, -0.2) is 4.79 Å². The van der Waals surface area contributed by atoms with Gasteiger partial charge in [-0.05, 0) is 25.7 Å². The lowest BCUT2D eigenvalue weighted by molar-refractivity contribution is -0.173. The summed E-state index contributed by atoms with van der Waals surface area (Å²) in [6.45, 7) is -0.0828. The van der Waals surface area contributed by atoms with Crippen molar-refractivity contribution in [3.05, 3.63) is 32.6 Å². The molecule has 1 aromatic rings. The molecule has 0 bridgehead atoms. The second kappa shape index (κ2) is 14.0. The van der Waals surface area contributed by atoms with Crippen LogP contribution in [0.15, 0.2) is 15.8 Å². The van der Waals surface area contributed by atoms with Gasteiger partial charge < -0.3 is 15.2 Å². The van der Waals surface area contributed by atoms with E-state index in [1.165, 1.54) is 10.8 Å². The van der Waals surface area contributed by atoms with E-state index in [4.69, 9.17) is 4.74 Å². The minimum absolute atomic E-state index is 0.0360. The molecule has 1 amide bonds. The number of aliphatic hydroxyl groups excluding tert-OH is 1. The third-order valence-corrected chi connectivity index (χ3v) is 5.56. The van der Waals surface area contributed by atoms with E-state index in [-0.39, 0.29) is 24.8 Å². The smallest absolute Gasteiger partial charge is 0.394 e. The van der Waals surface area contributed by atoms with E-state index in [9.17, 15) is 32.7 Å². The van der Waals surface area contributed by atoms with Gasteiger partial charge in [0.2, 0.25) is 0 Å². The SMILES string of the molecule is O=C(NCCCCCCCCCCC#Cc1cn([C@@H]2CC[C@H](CO)O2)c(=O)[nH]c1=O)C(F)(F)F. The van der Waals surface area contributed by atoms with Gasteiger partial charge >= 0.3 is 17.8 Å². The standard InChI is InChI=1S/C23H32F3N3O5/c24-23(25,26)21(32)27-14-10-8-6-4-2-1-3-5-7-9-11-17-15-29(22(33)28-20(17)31)19-13-12-18(16-30)34-19/h15,18-19,30H,1-8,10,12-14,16H2,(H,27,32)(H,28,31,33)/t18-,19+/m1/s1. The maximum absolute atomic E-state index is 12.1. The number of nitrogens with zero attached hydrogens (tertiary/aromatic N) is 1. The molecule has 0 aliphatic carbocycles. The van der Waals surface area contributed by atoms with Gasteiger partial charge in [-0.1, -0.05) is 50.4 Å². The predicted octanol–water partition coefficient (Wildman–Crippen LogP) is 2.75. The molecule has 2 rings (SSSR count). The highest BCUT2D eigenvalue weighted by molar-refractivity contribution is 5.81. The number of amides is 1. The number of rotatable bonds is 12. The fourth-order valence-corrected chi connectivity index (χ4v) is 3.67. The molecule has 2 atom stereocenters. The number of ether oxygens (including phenoxy) is 1. The highest BCUT2D eigenvalue weighted by Gasteiger charge is 2.38. The first-order valence-corrected chi connectivity index (χ1v) is 11.7. The first-order chi connectivity index (χ1) is 16.2. The van der Waals surface area contributed by atoms with E-state index in [1.807, 2.05) is 5.32 Å². The molecule has 0 spiro atoms. The van der Waals surface area contributed by atoms with Crippen molar-refractivity contribution in [2.24, 2.45) is 0 Å². The average Bonchev–Trinajstić information content (AvgIpc) is 3.26. The molecule has 190 valence electrons. The Morgan fingerprint density at radius 3 is 2.38 bits per heavy atom. The molecular formula is C23H32F3N3O5. The van der Waals surface area contributed by atoms with Gasteiger partial charge in [0.05, 0.1) is 12.7 Å². The lowest BCUT2D eigenvalue weighted by atomic mass is 10.1. The summed E-state index contributed by atoms with van der Waals surface area (Å²) >= 11 is 0. The minimum atomic E-state index is -4.82. The molecule has 0 saturated carbocycles. The number of H-pyrrole nitrogens is 1. The van der Waals surface area contributed by atoms with E-state index >= 15 is 0 Å². The van der Waals surface area contributed by atoms with Gasteiger partial charge in [0.15, 0.2) is 0 Å². The highest BCUT2D eigenvalue weighted by atomic mass is 19.4. The average molecular weight is 488 g/mol. The summed E-state index contributed by atoms with van der Waals surface area (Å²) in [7, 11) is 0. The number of unbranched alkanes of at least 4 members (excludes halogenated alkanes) is 8. The van der Waals surface area contributed by atoms with E-state index in [0.717, 1.165) is 44.9 Å². The summed E-state index contributed by atoms with van der Waals surface area (Å²) in [4.78, 5) is 37.0. The molecule has 3 N–H and O–H groups in total. The molecule has 34 heavy (non-hydrogen) atoms. The van der Waals surface area contributed by atoms with Crippen LogP contribution in [0.1, 0.15) is 82.4 Å². The van der Waals surface area contributed by atoms with Gasteiger partial charge in [0, 0.05) is 19.2 Å². The van der Waals surface area contributed by atoms with Gasteiger partial charge in [-0.3, -0.25) is 19.1 Å². The van der Waals surface area contributed by atoms with E-state index in [1.54, 1.807) is 0 Å². The Morgan fingerprint density at radius 1 is 1.12 bits per heavy atom. The normalized spacial score (nSPS) is 17.9. The van der Waals surface area contributed by atoms with Crippen LogP contribution in [-0.4, -0.2) is 46.0 Å². The summed E-state index contributed by atoms with van der Waals surface area (Å²) in [6.07, 6.45) is 4.63. The Balaban J connectivity index is 1.59. The van der Waals surface area contributed by atoms with Crippen LogP contribution in [0, 0.1) is 11.8 Å². The molecule has 0 aromatic carbocycles. The first kappa shape index (κ1) is 27.7. The molecule has 8 nitrogen and oxygen atoms in total. The number of hydrogen-bond donors (Lipinski definition) is 3. The number of carbonyl (C=O) groups is 1. The minimum Gasteiger partial charge on any atom is -0.394 e. The third-order valence-electron chi connectivity index (χ3n) is 5.56. The molecule has 1 aliphatic heterocycles. The van der Waals surface area contributed by atoms with Crippen LogP contribution in [0.3, 0.4) is 0 Å². The second-order valence-corrected chi connectivity index (χ2v) is 8.32. The number of alkyl halides is 3. The molecule has 1 saturated heterocycles. The van der Waals surface area contributed by atoms with Crippen molar-refractivity contribution in [2.75, 3.05) is 13.2 Å². The first-order valence-electron chi connectivity index (χ1n) is 11.7. The van der Waals surface area contributed by atoms with Crippen molar-refractivity contribution in [3.63, 3.8) is 0 Å². The Bertz CT molecular complexity index is 962. The van der Waals surface area contributed by atoms with Gasteiger partial charge in [-0.2, -0.15) is 13.2 Å². The van der Waals surface area contributed by atoms with E-state index in [2.05, 4.69) is 16.8 Å². The van der Waals surface area contributed by atoms with Crippen molar-refractivity contribution in [1.29, 1.82) is 0 Å². The highest BCUT2D eigenvalue weighted by Crippen LogP contribution is 2.26. The van der Waals surface area contributed by atoms with E-state index < -0.39 is 29.6 Å². The quantitative estimate of drug-likeness (QED) is 0.310. The second-order valence-electron chi connectivity index (χ2n) is 8.32. The summed E-state index contributed by atoms with van der Waals surface area (Å²) in [5.41, 5.74) is -0.907. The lowest BCUT2D eigenvalue weighted by Gasteiger charge is -2.14. The summed E-state index contributed by atoms with van der Waals surface area (Å²) in [5, 5.41) is 11.0. The number of hydrogen-bond acceptors (Lipinski definition) is 5. The van der Waals surface area contributed by atoms with Crippen LogP contribution in [-0.2, 0) is 9.53 Å². The van der Waals surface area contributed by atoms with Crippen LogP contribution in [0.5, 0.6) is 0 Å². The molecule has 2 heterocycles. The summed E-state index contributed by atoms with van der Waals surface area (Å²) in [6, 6.07) is 0. The third kappa shape index (κ3) is 9.35. The number of halogens is 3. The van der Waals surface area contributed by atoms with E-state index in [0.29, 0.717) is 25.7 Å². The molecule has 0 radical (unpaired) electrons. The maximum Gasteiger partial charge on any atom is 0.471 e. The Kier molecular flexibility index (Phi) is 11.4. The number of nitrogens with one attached hydrogen (secondary N) is 2. The van der Waals surface area contributed by atoms with Crippen molar-refractivity contribution in [3.8, 4) is 11.8 Å². The van der Waals surface area contributed by atoms with Crippen molar-refractivity contribution < 1.29 is 27.8 Å². The molecule has 1 fully saturated rings. The Labute approximate surface area is 195 Å². The van der Waals surface area contributed by atoms with Crippen LogP contribution < -0.4 is 16.6 Å². The van der Waals surface area contributed by atoms with Crippen molar-refractivity contribution >= 4 is 5.91 Å². The zero-order valence-corrected chi connectivity index (χ0v) is 19.1. The van der Waals surface area contributed by atoms with Crippen molar-refractivity contribution in [2.45, 2.75) is 89.1 Å². The number of aromatic amines is 1. The van der Waals surface area contributed by atoms with Crippen molar-refractivity contribution in [1.82, 2.24) is 14.9 Å². The topological polar surface area (TPSA) is 113 Å². The molecule has 1 aliphatic rings. The van der Waals surface area contributed by atoms with Gasteiger partial charge in [0.25, 0.3) is 5.56 Å². The van der Waals surface area contributed by atoms with Gasteiger partial charge in [0.1, 0.15) is 11.8 Å². The van der Waals surface area contributed by atoms with Gasteiger partial charge in [-0.15, -0.1) is 0 Å². The van der Waals surface area contributed by atoms with Crippen LogP contribution in [0.4, 0.5) is 13.2 Å². The zero-order chi connectivity index (χ0) is 25.0. The summed E-state index contributed by atoms with van der Waals surface area (Å²) < 4.78 is 43.0. The number of carbonyl (C=O) groups excluding carboxylic acids is 1. The Hall–Kier alpha value is -2.58. The van der Waals surface area contributed by atoms with Crippen LogP contribution >= 0.6 is 0 Å². The molecule has 1 aromatic heterocycles. The zero-order valence-electron chi connectivity index (χ0n) is 19.1. The van der Waals surface area contributed by atoms with Crippen LogP contribution in [0.25, 0.3) is 0 Å². The van der Waals surface area contributed by atoms with Crippen LogP contribution in [0.2, 0.25) is 0 Å². The Morgan fingerprint density at radius 2 is 1.76 bits per heavy atom. The lowest BCUT2D eigenvalue weighted by Crippen LogP contribution is -2.37. The number of aliphatic hydroxyl groups is 1. The maximum atomic E-state index is 12.1.